The number of halogens is 2. The van der Waals surface area contributed by atoms with Crippen molar-refractivity contribution in [1.82, 2.24) is 0 Å². The normalized spacial score (nSPS) is 10.6. The average molecular weight is 279 g/mol. The van der Waals surface area contributed by atoms with E-state index >= 15 is 0 Å². The van der Waals surface area contributed by atoms with E-state index in [0.717, 1.165) is 12.1 Å². The zero-order valence-corrected chi connectivity index (χ0v) is 11.0. The molecule has 0 atom stereocenters. The molecule has 2 N–H and O–H groups in total. The predicted octanol–water partition coefficient (Wildman–Crippen LogP) is 3.24. The van der Waals surface area contributed by atoms with Gasteiger partial charge in [0.15, 0.2) is 0 Å². The number of benzene rings is 2. The molecule has 2 aromatic rings. The summed E-state index contributed by atoms with van der Waals surface area (Å²) in [7, 11) is 1.56. The van der Waals surface area contributed by atoms with Crippen LogP contribution in [-0.2, 0) is 4.74 Å². The first-order chi connectivity index (χ1) is 9.63. The van der Waals surface area contributed by atoms with Gasteiger partial charge in [0.05, 0.1) is 12.3 Å². The minimum atomic E-state index is -0.659. The Hall–Kier alpha value is -2.14. The number of nitrogen functional groups attached to an aromatic ring is 1. The highest BCUT2D eigenvalue weighted by atomic mass is 19.1. The van der Waals surface area contributed by atoms with Crippen LogP contribution in [0.2, 0.25) is 0 Å². The quantitative estimate of drug-likeness (QED) is 0.675. The van der Waals surface area contributed by atoms with Crippen molar-refractivity contribution >= 4 is 5.69 Å². The second-order valence-corrected chi connectivity index (χ2v) is 4.19. The van der Waals surface area contributed by atoms with Crippen LogP contribution in [0, 0.1) is 11.6 Å². The van der Waals surface area contributed by atoms with E-state index in [1.807, 2.05) is 0 Å². The summed E-state index contributed by atoms with van der Waals surface area (Å²) < 4.78 is 37.9. The van der Waals surface area contributed by atoms with Crippen LogP contribution >= 0.6 is 0 Å². The standard InChI is InChI=1S/C15H15F2NO2/c1-19-6-7-20-15-5-3-2-4-10(15)11-8-13(17)14(18)9-12(11)16/h2-5,8-9H,6-7,18H2,1H3. The summed E-state index contributed by atoms with van der Waals surface area (Å²) in [6, 6.07) is 8.89. The highest BCUT2D eigenvalue weighted by Gasteiger charge is 2.13. The molecule has 0 aliphatic carbocycles. The predicted molar refractivity (Wildman–Crippen MR) is 73.6 cm³/mol. The number of anilines is 1. The van der Waals surface area contributed by atoms with E-state index in [4.69, 9.17) is 15.2 Å². The van der Waals surface area contributed by atoms with Crippen molar-refractivity contribution in [1.29, 1.82) is 0 Å². The van der Waals surface area contributed by atoms with Gasteiger partial charge in [-0.25, -0.2) is 8.78 Å². The minimum Gasteiger partial charge on any atom is -0.491 e. The Morgan fingerprint density at radius 2 is 1.75 bits per heavy atom. The molecule has 0 unspecified atom stereocenters. The molecular weight excluding hydrogens is 264 g/mol. The molecule has 0 saturated carbocycles. The summed E-state index contributed by atoms with van der Waals surface area (Å²) in [5, 5.41) is 0. The number of ether oxygens (including phenoxy) is 2. The number of methoxy groups -OCH3 is 1. The molecule has 0 heterocycles. The fraction of sp³-hybridized carbons (Fsp3) is 0.200. The van der Waals surface area contributed by atoms with E-state index < -0.39 is 11.6 Å². The molecule has 3 nitrogen and oxygen atoms in total. The van der Waals surface area contributed by atoms with Crippen LogP contribution in [0.1, 0.15) is 0 Å². The van der Waals surface area contributed by atoms with Crippen molar-refractivity contribution in [3.8, 4) is 16.9 Å². The maximum atomic E-state index is 14.0. The Balaban J connectivity index is 2.39. The molecule has 0 aromatic heterocycles. The molecule has 0 saturated heterocycles. The molecule has 0 radical (unpaired) electrons. The van der Waals surface area contributed by atoms with Gasteiger partial charge in [0.25, 0.3) is 0 Å². The maximum absolute atomic E-state index is 14.0. The first-order valence-corrected chi connectivity index (χ1v) is 6.09. The van der Waals surface area contributed by atoms with Gasteiger partial charge in [-0.15, -0.1) is 0 Å². The lowest BCUT2D eigenvalue weighted by molar-refractivity contribution is 0.146. The van der Waals surface area contributed by atoms with Gasteiger partial charge in [-0.3, -0.25) is 0 Å². The van der Waals surface area contributed by atoms with Crippen LogP contribution < -0.4 is 10.5 Å². The minimum absolute atomic E-state index is 0.115. The lowest BCUT2D eigenvalue weighted by Gasteiger charge is -2.12. The lowest BCUT2D eigenvalue weighted by Crippen LogP contribution is -2.05. The molecule has 0 aliphatic heterocycles. The van der Waals surface area contributed by atoms with Gasteiger partial charge < -0.3 is 15.2 Å². The Morgan fingerprint density at radius 1 is 1.00 bits per heavy atom. The topological polar surface area (TPSA) is 44.5 Å². The van der Waals surface area contributed by atoms with Gasteiger partial charge >= 0.3 is 0 Å². The smallest absolute Gasteiger partial charge is 0.146 e. The third kappa shape index (κ3) is 3.05. The summed E-state index contributed by atoms with van der Waals surface area (Å²) in [5.74, 6) is -0.785. The first-order valence-electron chi connectivity index (χ1n) is 6.09. The Labute approximate surface area is 115 Å². The zero-order chi connectivity index (χ0) is 14.5. The number of nitrogens with two attached hydrogens (primary N) is 1. The molecular formula is C15H15F2NO2. The number of hydrogen-bond acceptors (Lipinski definition) is 3. The average Bonchev–Trinajstić information content (AvgIpc) is 2.44. The van der Waals surface area contributed by atoms with E-state index in [0.29, 0.717) is 24.5 Å². The number of para-hydroxylation sites is 1. The van der Waals surface area contributed by atoms with Crippen LogP contribution in [-0.4, -0.2) is 20.3 Å². The van der Waals surface area contributed by atoms with Crippen molar-refractivity contribution in [2.75, 3.05) is 26.1 Å². The fourth-order valence-corrected chi connectivity index (χ4v) is 1.82. The molecule has 0 aliphatic rings. The van der Waals surface area contributed by atoms with Gasteiger partial charge in [-0.1, -0.05) is 18.2 Å². The highest BCUT2D eigenvalue weighted by Crippen LogP contribution is 2.33. The molecule has 0 amide bonds. The molecule has 2 rings (SSSR count). The maximum Gasteiger partial charge on any atom is 0.146 e. The van der Waals surface area contributed by atoms with Crippen molar-refractivity contribution in [3.63, 3.8) is 0 Å². The van der Waals surface area contributed by atoms with E-state index in [9.17, 15) is 8.78 Å². The number of rotatable bonds is 5. The van der Waals surface area contributed by atoms with E-state index in [1.165, 1.54) is 0 Å². The Kier molecular flexibility index (Phi) is 4.53. The van der Waals surface area contributed by atoms with Gasteiger partial charge in [0.2, 0.25) is 0 Å². The summed E-state index contributed by atoms with van der Waals surface area (Å²) >= 11 is 0. The Bertz CT molecular complexity index is 602. The molecule has 2 aromatic carbocycles. The zero-order valence-electron chi connectivity index (χ0n) is 11.0. The van der Waals surface area contributed by atoms with Crippen LogP contribution in [0.4, 0.5) is 14.5 Å². The van der Waals surface area contributed by atoms with Gasteiger partial charge in [0, 0.05) is 24.3 Å². The van der Waals surface area contributed by atoms with Crippen LogP contribution in [0.15, 0.2) is 36.4 Å². The Morgan fingerprint density at radius 3 is 2.50 bits per heavy atom. The first kappa shape index (κ1) is 14.3. The van der Waals surface area contributed by atoms with Crippen molar-refractivity contribution in [2.24, 2.45) is 0 Å². The fourth-order valence-electron chi connectivity index (χ4n) is 1.82. The van der Waals surface area contributed by atoms with Crippen molar-refractivity contribution in [2.45, 2.75) is 0 Å². The van der Waals surface area contributed by atoms with Gasteiger partial charge in [0.1, 0.15) is 24.0 Å². The second-order valence-electron chi connectivity index (χ2n) is 4.19. The SMILES string of the molecule is COCCOc1ccccc1-c1cc(F)c(N)cc1F. The third-order valence-electron chi connectivity index (χ3n) is 2.81. The number of hydrogen-bond donors (Lipinski definition) is 1. The van der Waals surface area contributed by atoms with E-state index in [1.54, 1.807) is 31.4 Å². The van der Waals surface area contributed by atoms with E-state index in [2.05, 4.69) is 0 Å². The summed E-state index contributed by atoms with van der Waals surface area (Å²) in [6.07, 6.45) is 0. The largest absolute Gasteiger partial charge is 0.491 e. The summed E-state index contributed by atoms with van der Waals surface area (Å²) in [6.45, 7) is 0.736. The summed E-state index contributed by atoms with van der Waals surface area (Å²) in [5.41, 5.74) is 5.71. The second kappa shape index (κ2) is 6.34. The van der Waals surface area contributed by atoms with E-state index in [-0.39, 0.29) is 11.3 Å². The molecule has 5 heteroatoms. The molecule has 20 heavy (non-hydrogen) atoms. The highest BCUT2D eigenvalue weighted by molar-refractivity contribution is 5.72. The monoisotopic (exact) mass is 279 g/mol. The molecule has 106 valence electrons. The molecule has 0 spiro atoms. The summed E-state index contributed by atoms with van der Waals surface area (Å²) in [4.78, 5) is 0. The van der Waals surface area contributed by atoms with Crippen LogP contribution in [0.25, 0.3) is 11.1 Å². The molecule has 0 bridgehead atoms. The van der Waals surface area contributed by atoms with Crippen LogP contribution in [0.5, 0.6) is 5.75 Å². The van der Waals surface area contributed by atoms with Crippen molar-refractivity contribution < 1.29 is 18.3 Å². The van der Waals surface area contributed by atoms with Crippen molar-refractivity contribution in [3.05, 3.63) is 48.0 Å². The third-order valence-corrected chi connectivity index (χ3v) is 2.81. The van der Waals surface area contributed by atoms with Gasteiger partial charge in [-0.2, -0.15) is 0 Å². The molecule has 0 fully saturated rings. The van der Waals surface area contributed by atoms with Gasteiger partial charge in [-0.05, 0) is 12.1 Å². The lowest BCUT2D eigenvalue weighted by atomic mass is 10.0. The van der Waals surface area contributed by atoms with Crippen LogP contribution in [0.3, 0.4) is 0 Å².